The molecule has 0 bridgehead atoms. The predicted molar refractivity (Wildman–Crippen MR) is 100 cm³/mol. The predicted octanol–water partition coefficient (Wildman–Crippen LogP) is 4.13. The molecular formula is C19H17N5OS. The van der Waals surface area contributed by atoms with E-state index < -0.39 is 0 Å². The van der Waals surface area contributed by atoms with Gasteiger partial charge in [-0.15, -0.1) is 10.2 Å². The molecule has 0 saturated carbocycles. The van der Waals surface area contributed by atoms with Crippen molar-refractivity contribution < 1.29 is 4.52 Å². The maximum absolute atomic E-state index is 5.38. The van der Waals surface area contributed by atoms with Crippen LogP contribution in [0.3, 0.4) is 0 Å². The number of rotatable bonds is 5. The molecule has 0 unspecified atom stereocenters. The van der Waals surface area contributed by atoms with E-state index in [0.29, 0.717) is 17.5 Å². The van der Waals surface area contributed by atoms with Gasteiger partial charge < -0.3 is 9.09 Å². The van der Waals surface area contributed by atoms with Gasteiger partial charge in [-0.3, -0.25) is 0 Å². The van der Waals surface area contributed by atoms with E-state index in [1.165, 1.54) is 11.8 Å². The number of nitrogens with zero attached hydrogens (tertiary/aromatic N) is 5. The minimum absolute atomic E-state index is 0.534. The smallest absolute Gasteiger partial charge is 0.257 e. The Morgan fingerprint density at radius 1 is 1.00 bits per heavy atom. The zero-order chi connectivity index (χ0) is 17.9. The van der Waals surface area contributed by atoms with Crippen LogP contribution in [0.5, 0.6) is 0 Å². The first-order chi connectivity index (χ1) is 12.7. The van der Waals surface area contributed by atoms with Gasteiger partial charge in [0.15, 0.2) is 16.8 Å². The maximum atomic E-state index is 5.38. The van der Waals surface area contributed by atoms with Crippen LogP contribution in [0.1, 0.15) is 11.4 Å². The lowest BCUT2D eigenvalue weighted by Crippen LogP contribution is -1.95. The Balaban J connectivity index is 1.48. The molecule has 0 aliphatic heterocycles. The molecule has 4 rings (SSSR count). The Hall–Kier alpha value is -2.93. The Morgan fingerprint density at radius 2 is 1.81 bits per heavy atom. The number of benzene rings is 2. The number of aryl methyl sites for hydroxylation is 1. The second-order valence-corrected chi connectivity index (χ2v) is 6.85. The van der Waals surface area contributed by atoms with Gasteiger partial charge in [0, 0.05) is 18.2 Å². The molecule has 0 N–H and O–H groups in total. The van der Waals surface area contributed by atoms with Gasteiger partial charge >= 0.3 is 0 Å². The molecule has 0 aliphatic carbocycles. The molecule has 0 aliphatic rings. The molecule has 0 radical (unpaired) electrons. The van der Waals surface area contributed by atoms with Gasteiger partial charge in [0.1, 0.15) is 0 Å². The molecule has 0 atom stereocenters. The van der Waals surface area contributed by atoms with Crippen molar-refractivity contribution in [1.29, 1.82) is 0 Å². The third kappa shape index (κ3) is 3.39. The zero-order valence-electron chi connectivity index (χ0n) is 14.5. The minimum atomic E-state index is 0.534. The van der Waals surface area contributed by atoms with E-state index in [2.05, 4.69) is 20.3 Å². The van der Waals surface area contributed by atoms with Crippen molar-refractivity contribution in [2.24, 2.45) is 7.05 Å². The second-order valence-electron chi connectivity index (χ2n) is 5.91. The van der Waals surface area contributed by atoms with Gasteiger partial charge in [0.05, 0.1) is 5.75 Å². The van der Waals surface area contributed by atoms with Crippen molar-refractivity contribution in [2.75, 3.05) is 0 Å². The van der Waals surface area contributed by atoms with E-state index >= 15 is 0 Å². The number of hydrogen-bond donors (Lipinski definition) is 0. The molecule has 0 spiro atoms. The minimum Gasteiger partial charge on any atom is -0.334 e. The summed E-state index contributed by atoms with van der Waals surface area (Å²) in [6, 6.07) is 18.0. The van der Waals surface area contributed by atoms with Crippen molar-refractivity contribution in [3.63, 3.8) is 0 Å². The lowest BCUT2D eigenvalue weighted by atomic mass is 10.1. The van der Waals surface area contributed by atoms with Crippen molar-refractivity contribution >= 4 is 11.8 Å². The number of thioether (sulfide) groups is 1. The number of aromatic nitrogens is 5. The van der Waals surface area contributed by atoms with E-state index in [9.17, 15) is 0 Å². The summed E-state index contributed by atoms with van der Waals surface area (Å²) in [5.74, 6) is 2.57. The van der Waals surface area contributed by atoms with Gasteiger partial charge in [-0.2, -0.15) is 4.98 Å². The summed E-state index contributed by atoms with van der Waals surface area (Å²) in [7, 11) is 1.96. The summed E-state index contributed by atoms with van der Waals surface area (Å²) in [4.78, 5) is 4.48. The lowest BCUT2D eigenvalue weighted by molar-refractivity contribution is 0.425. The van der Waals surface area contributed by atoms with Crippen LogP contribution in [0.25, 0.3) is 22.8 Å². The van der Waals surface area contributed by atoms with Crippen LogP contribution in [0.2, 0.25) is 0 Å². The monoisotopic (exact) mass is 363 g/mol. The molecule has 2 aromatic heterocycles. The van der Waals surface area contributed by atoms with Crippen molar-refractivity contribution in [3.05, 3.63) is 66.0 Å². The molecule has 2 aromatic carbocycles. The van der Waals surface area contributed by atoms with Gasteiger partial charge in [-0.1, -0.05) is 64.9 Å². The van der Waals surface area contributed by atoms with Crippen LogP contribution in [0.4, 0.5) is 0 Å². The first-order valence-electron chi connectivity index (χ1n) is 8.18. The first-order valence-corrected chi connectivity index (χ1v) is 9.16. The fraction of sp³-hybridized carbons (Fsp3) is 0.158. The SMILES string of the molecule is Cc1cccc(-c2nc(CSc3nnc(-c4ccccc4)n3C)no2)c1. The summed E-state index contributed by atoms with van der Waals surface area (Å²) in [6.07, 6.45) is 0. The van der Waals surface area contributed by atoms with Crippen molar-refractivity contribution in [2.45, 2.75) is 17.8 Å². The molecule has 7 heteroatoms. The van der Waals surface area contributed by atoms with Crippen LogP contribution in [0.15, 0.2) is 64.3 Å². The second kappa shape index (κ2) is 7.13. The fourth-order valence-electron chi connectivity index (χ4n) is 2.62. The third-order valence-corrected chi connectivity index (χ3v) is 4.95. The highest BCUT2D eigenvalue weighted by molar-refractivity contribution is 7.98. The molecule has 26 heavy (non-hydrogen) atoms. The third-order valence-electron chi connectivity index (χ3n) is 3.93. The van der Waals surface area contributed by atoms with E-state index in [4.69, 9.17) is 4.52 Å². The van der Waals surface area contributed by atoms with Gasteiger partial charge in [0.2, 0.25) is 0 Å². The molecule has 4 aromatic rings. The van der Waals surface area contributed by atoms with Crippen LogP contribution < -0.4 is 0 Å². The number of hydrogen-bond acceptors (Lipinski definition) is 6. The Morgan fingerprint density at radius 3 is 2.62 bits per heavy atom. The van der Waals surface area contributed by atoms with Crippen LogP contribution >= 0.6 is 11.8 Å². The fourth-order valence-corrected chi connectivity index (χ4v) is 3.37. The quantitative estimate of drug-likeness (QED) is 0.497. The van der Waals surface area contributed by atoms with E-state index in [1.54, 1.807) is 0 Å². The average molecular weight is 363 g/mol. The molecule has 0 fully saturated rings. The van der Waals surface area contributed by atoms with Gasteiger partial charge in [0.25, 0.3) is 5.89 Å². The summed E-state index contributed by atoms with van der Waals surface area (Å²) >= 11 is 1.53. The van der Waals surface area contributed by atoms with Crippen molar-refractivity contribution in [3.8, 4) is 22.8 Å². The summed E-state index contributed by atoms with van der Waals surface area (Å²) < 4.78 is 7.36. The Kier molecular flexibility index (Phi) is 4.53. The normalized spacial score (nSPS) is 11.0. The highest BCUT2D eigenvalue weighted by atomic mass is 32.2. The molecule has 2 heterocycles. The van der Waals surface area contributed by atoms with Gasteiger partial charge in [-0.05, 0) is 19.1 Å². The molecule has 6 nitrogen and oxygen atoms in total. The van der Waals surface area contributed by atoms with Gasteiger partial charge in [-0.25, -0.2) is 0 Å². The largest absolute Gasteiger partial charge is 0.334 e. The van der Waals surface area contributed by atoms with E-state index in [-0.39, 0.29) is 0 Å². The molecule has 130 valence electrons. The zero-order valence-corrected chi connectivity index (χ0v) is 15.3. The summed E-state index contributed by atoms with van der Waals surface area (Å²) in [6.45, 7) is 2.04. The highest BCUT2D eigenvalue weighted by Crippen LogP contribution is 2.25. The van der Waals surface area contributed by atoms with Crippen LogP contribution in [-0.2, 0) is 12.8 Å². The first kappa shape index (κ1) is 16.5. The summed E-state index contributed by atoms with van der Waals surface area (Å²) in [5.41, 5.74) is 3.12. The standard InChI is InChI=1S/C19H17N5OS/c1-13-7-6-10-15(11-13)18-20-16(23-25-18)12-26-19-22-21-17(24(19)2)14-8-4-3-5-9-14/h3-11H,12H2,1-2H3. The van der Waals surface area contributed by atoms with E-state index in [0.717, 1.165) is 27.7 Å². The highest BCUT2D eigenvalue weighted by Gasteiger charge is 2.14. The molecule has 0 amide bonds. The topological polar surface area (TPSA) is 69.6 Å². The molecular weight excluding hydrogens is 346 g/mol. The maximum Gasteiger partial charge on any atom is 0.257 e. The summed E-state index contributed by atoms with van der Waals surface area (Å²) in [5, 5.41) is 13.4. The van der Waals surface area contributed by atoms with Crippen molar-refractivity contribution in [1.82, 2.24) is 24.9 Å². The Labute approximate surface area is 155 Å². The van der Waals surface area contributed by atoms with Crippen LogP contribution in [0, 0.1) is 6.92 Å². The Bertz CT molecular complexity index is 1030. The van der Waals surface area contributed by atoms with E-state index in [1.807, 2.05) is 73.1 Å². The lowest BCUT2D eigenvalue weighted by Gasteiger charge is -2.02. The van der Waals surface area contributed by atoms with Crippen LogP contribution in [-0.4, -0.2) is 24.9 Å². The molecule has 0 saturated heterocycles. The average Bonchev–Trinajstić information content (AvgIpc) is 3.28.